The minimum atomic E-state index is -1.03. The van der Waals surface area contributed by atoms with Crippen LogP contribution in [0.4, 0.5) is 11.4 Å². The quantitative estimate of drug-likeness (QED) is 0.879. The fraction of sp³-hybridized carbons (Fsp3) is 0.211. The highest BCUT2D eigenvalue weighted by Crippen LogP contribution is 2.32. The third-order valence-corrected chi connectivity index (χ3v) is 4.11. The lowest BCUT2D eigenvalue weighted by molar-refractivity contribution is -0.123. The van der Waals surface area contributed by atoms with Crippen molar-refractivity contribution in [3.63, 3.8) is 0 Å². The van der Waals surface area contributed by atoms with E-state index in [9.17, 15) is 14.4 Å². The van der Waals surface area contributed by atoms with E-state index in [-0.39, 0.29) is 30.5 Å². The summed E-state index contributed by atoms with van der Waals surface area (Å²) < 4.78 is 5.40. The maximum Gasteiger partial charge on any atom is 0.335 e. The van der Waals surface area contributed by atoms with Gasteiger partial charge in [0.25, 0.3) is 5.91 Å². The largest absolute Gasteiger partial charge is 0.482 e. The van der Waals surface area contributed by atoms with E-state index in [2.05, 4.69) is 5.32 Å². The van der Waals surface area contributed by atoms with Crippen molar-refractivity contribution in [2.24, 2.45) is 0 Å². The summed E-state index contributed by atoms with van der Waals surface area (Å²) >= 11 is 0. The number of amides is 2. The van der Waals surface area contributed by atoms with Gasteiger partial charge in [-0.2, -0.15) is 0 Å². The number of aryl methyl sites for hydroxylation is 2. The molecule has 1 aliphatic rings. The second-order valence-corrected chi connectivity index (χ2v) is 6.12. The molecule has 2 N–H and O–H groups in total. The van der Waals surface area contributed by atoms with Gasteiger partial charge in [-0.1, -0.05) is 6.07 Å². The van der Waals surface area contributed by atoms with Crippen LogP contribution in [-0.2, 0) is 9.59 Å². The molecule has 26 heavy (non-hydrogen) atoms. The van der Waals surface area contributed by atoms with E-state index in [0.717, 1.165) is 5.56 Å². The van der Waals surface area contributed by atoms with Gasteiger partial charge in [-0.05, 0) is 55.3 Å². The number of fused-ring (bicyclic) bond motifs is 1. The molecular weight excluding hydrogens is 336 g/mol. The first-order valence-electron chi connectivity index (χ1n) is 8.03. The van der Waals surface area contributed by atoms with E-state index in [4.69, 9.17) is 9.84 Å². The summed E-state index contributed by atoms with van der Waals surface area (Å²) in [7, 11) is 0. The first-order valence-corrected chi connectivity index (χ1v) is 8.03. The zero-order chi connectivity index (χ0) is 18.8. The summed E-state index contributed by atoms with van der Waals surface area (Å²) in [5, 5.41) is 11.7. The molecule has 0 radical (unpaired) electrons. The molecule has 0 aliphatic carbocycles. The van der Waals surface area contributed by atoms with Crippen LogP contribution in [0.3, 0.4) is 0 Å². The highest BCUT2D eigenvalue weighted by molar-refractivity contribution is 6.05. The highest BCUT2D eigenvalue weighted by atomic mass is 16.5. The predicted molar refractivity (Wildman–Crippen MR) is 95.8 cm³/mol. The van der Waals surface area contributed by atoms with Crippen molar-refractivity contribution in [2.75, 3.05) is 23.4 Å². The zero-order valence-electron chi connectivity index (χ0n) is 14.4. The van der Waals surface area contributed by atoms with Crippen molar-refractivity contribution in [1.29, 1.82) is 0 Å². The number of carboxylic acids is 1. The molecule has 134 valence electrons. The molecule has 2 aromatic rings. The molecule has 0 bridgehead atoms. The van der Waals surface area contributed by atoms with E-state index < -0.39 is 5.97 Å². The molecule has 0 saturated heterocycles. The van der Waals surface area contributed by atoms with Crippen molar-refractivity contribution in [1.82, 2.24) is 0 Å². The number of ether oxygens (including phenoxy) is 1. The minimum absolute atomic E-state index is 0.115. The number of carbonyl (C=O) groups excluding carboxylic acids is 2. The van der Waals surface area contributed by atoms with Gasteiger partial charge in [-0.15, -0.1) is 0 Å². The SMILES string of the molecule is Cc1ccc2c(c1)N(CC(=O)Nc1ccc(C(=O)O)cc1C)C(=O)CO2. The Labute approximate surface area is 150 Å². The van der Waals surface area contributed by atoms with Gasteiger partial charge in [0.15, 0.2) is 6.61 Å². The van der Waals surface area contributed by atoms with Crippen LogP contribution < -0.4 is 15.0 Å². The Balaban J connectivity index is 1.77. The Bertz CT molecular complexity index is 907. The average Bonchev–Trinajstić information content (AvgIpc) is 2.59. The zero-order valence-corrected chi connectivity index (χ0v) is 14.4. The number of nitrogens with zero attached hydrogens (tertiary/aromatic N) is 1. The summed E-state index contributed by atoms with van der Waals surface area (Å²) in [6, 6.07) is 9.89. The Morgan fingerprint density at radius 2 is 1.96 bits per heavy atom. The third kappa shape index (κ3) is 3.51. The Hall–Kier alpha value is -3.35. The van der Waals surface area contributed by atoms with Crippen LogP contribution in [0, 0.1) is 13.8 Å². The lowest BCUT2D eigenvalue weighted by Gasteiger charge is -2.29. The monoisotopic (exact) mass is 354 g/mol. The molecule has 3 rings (SSSR count). The van der Waals surface area contributed by atoms with Gasteiger partial charge >= 0.3 is 5.97 Å². The van der Waals surface area contributed by atoms with Crippen LogP contribution in [-0.4, -0.2) is 36.0 Å². The number of carbonyl (C=O) groups is 3. The van der Waals surface area contributed by atoms with Crippen LogP contribution in [0.15, 0.2) is 36.4 Å². The van der Waals surface area contributed by atoms with E-state index in [1.807, 2.05) is 13.0 Å². The molecule has 0 unspecified atom stereocenters. The highest BCUT2D eigenvalue weighted by Gasteiger charge is 2.27. The van der Waals surface area contributed by atoms with E-state index in [1.54, 1.807) is 19.1 Å². The second-order valence-electron chi connectivity index (χ2n) is 6.12. The summed E-state index contributed by atoms with van der Waals surface area (Å²) in [4.78, 5) is 37.0. The van der Waals surface area contributed by atoms with E-state index in [1.165, 1.54) is 23.1 Å². The molecule has 1 aliphatic heterocycles. The smallest absolute Gasteiger partial charge is 0.335 e. The average molecular weight is 354 g/mol. The van der Waals surface area contributed by atoms with Gasteiger partial charge in [0.05, 0.1) is 11.3 Å². The van der Waals surface area contributed by atoms with Crippen LogP contribution in [0.1, 0.15) is 21.5 Å². The Morgan fingerprint density at radius 3 is 2.65 bits per heavy atom. The number of anilines is 2. The number of hydrogen-bond donors (Lipinski definition) is 2. The third-order valence-electron chi connectivity index (χ3n) is 4.11. The van der Waals surface area contributed by atoms with Crippen molar-refractivity contribution >= 4 is 29.2 Å². The number of aromatic carboxylic acids is 1. The van der Waals surface area contributed by atoms with Gasteiger partial charge in [0, 0.05) is 5.69 Å². The first kappa shape index (κ1) is 17.5. The molecule has 7 heteroatoms. The van der Waals surface area contributed by atoms with E-state index in [0.29, 0.717) is 22.7 Å². The summed E-state index contributed by atoms with van der Waals surface area (Å²) in [6.45, 7) is 3.33. The van der Waals surface area contributed by atoms with Crippen LogP contribution in [0.5, 0.6) is 5.75 Å². The molecular formula is C19H18N2O5. The van der Waals surface area contributed by atoms with Crippen LogP contribution >= 0.6 is 0 Å². The summed E-state index contributed by atoms with van der Waals surface area (Å²) in [6.07, 6.45) is 0. The number of carboxylic acid groups (broad SMARTS) is 1. The van der Waals surface area contributed by atoms with Crippen molar-refractivity contribution in [3.05, 3.63) is 53.1 Å². The van der Waals surface area contributed by atoms with Gasteiger partial charge in [0.2, 0.25) is 5.91 Å². The minimum Gasteiger partial charge on any atom is -0.482 e. The van der Waals surface area contributed by atoms with Gasteiger partial charge in [-0.25, -0.2) is 4.79 Å². The molecule has 1 heterocycles. The molecule has 2 aromatic carbocycles. The van der Waals surface area contributed by atoms with Crippen LogP contribution in [0.25, 0.3) is 0 Å². The molecule has 0 spiro atoms. The fourth-order valence-electron chi connectivity index (χ4n) is 2.76. The number of hydrogen-bond acceptors (Lipinski definition) is 4. The predicted octanol–water partition coefficient (Wildman–Crippen LogP) is 2.37. The fourth-order valence-corrected chi connectivity index (χ4v) is 2.76. The van der Waals surface area contributed by atoms with Gasteiger partial charge < -0.3 is 15.2 Å². The number of nitrogens with one attached hydrogen (secondary N) is 1. The van der Waals surface area contributed by atoms with Crippen LogP contribution in [0.2, 0.25) is 0 Å². The molecule has 0 atom stereocenters. The molecule has 2 amide bonds. The lowest BCUT2D eigenvalue weighted by Crippen LogP contribution is -2.43. The summed E-state index contributed by atoms with van der Waals surface area (Å²) in [5.41, 5.74) is 2.79. The topological polar surface area (TPSA) is 95.9 Å². The molecule has 7 nitrogen and oxygen atoms in total. The maximum absolute atomic E-state index is 12.4. The van der Waals surface area contributed by atoms with Crippen molar-refractivity contribution in [3.8, 4) is 5.75 Å². The maximum atomic E-state index is 12.4. The standard InChI is InChI=1S/C19H18N2O5/c1-11-3-6-16-15(7-11)21(18(23)10-26-16)9-17(22)20-14-5-4-13(19(24)25)8-12(14)2/h3-8H,9-10H2,1-2H3,(H,20,22)(H,24,25). The molecule has 0 fully saturated rings. The van der Waals surface area contributed by atoms with Gasteiger partial charge in [0.1, 0.15) is 12.3 Å². The second kappa shape index (κ2) is 6.87. The Morgan fingerprint density at radius 1 is 1.19 bits per heavy atom. The van der Waals surface area contributed by atoms with Crippen molar-refractivity contribution < 1.29 is 24.2 Å². The number of rotatable bonds is 4. The van der Waals surface area contributed by atoms with Gasteiger partial charge in [-0.3, -0.25) is 14.5 Å². The molecule has 0 aromatic heterocycles. The lowest BCUT2D eigenvalue weighted by atomic mass is 10.1. The normalized spacial score (nSPS) is 13.0. The number of benzene rings is 2. The Kier molecular flexibility index (Phi) is 4.62. The van der Waals surface area contributed by atoms with E-state index >= 15 is 0 Å². The molecule has 0 saturated carbocycles. The first-order chi connectivity index (χ1) is 12.3. The van der Waals surface area contributed by atoms with Crippen molar-refractivity contribution in [2.45, 2.75) is 13.8 Å². The summed E-state index contributed by atoms with van der Waals surface area (Å²) in [5.74, 6) is -1.14.